The lowest BCUT2D eigenvalue weighted by Crippen LogP contribution is -2.37. The van der Waals surface area contributed by atoms with E-state index in [9.17, 15) is 9.59 Å². The molecule has 0 radical (unpaired) electrons. The molecule has 0 unspecified atom stereocenters. The first kappa shape index (κ1) is 18.7. The molecule has 0 aromatic heterocycles. The van der Waals surface area contributed by atoms with Gasteiger partial charge in [0.1, 0.15) is 11.5 Å². The Morgan fingerprint density at radius 1 is 1.30 bits per heavy atom. The topological polar surface area (TPSA) is 70.4 Å². The smallest absolute Gasteiger partial charge is 0.260 e. The molecule has 23 heavy (non-hydrogen) atoms. The quantitative estimate of drug-likeness (QED) is 0.702. The van der Waals surface area contributed by atoms with Gasteiger partial charge in [0, 0.05) is 19.5 Å². The summed E-state index contributed by atoms with van der Waals surface area (Å²) >= 11 is 0. The van der Waals surface area contributed by atoms with Crippen LogP contribution >= 0.6 is 0 Å². The molecule has 0 fully saturated rings. The Kier molecular flexibility index (Phi) is 7.82. The number of ketones is 1. The number of benzene rings is 1. The second-order valence-corrected chi connectivity index (χ2v) is 5.60. The van der Waals surface area contributed by atoms with Crippen LogP contribution in [0, 0.1) is 17.2 Å². The molecule has 1 amide bonds. The van der Waals surface area contributed by atoms with E-state index in [0.29, 0.717) is 31.7 Å². The fraction of sp³-hybridized carbons (Fsp3) is 0.500. The minimum Gasteiger partial charge on any atom is -0.484 e. The van der Waals surface area contributed by atoms with Crippen molar-refractivity contribution in [3.8, 4) is 11.8 Å². The number of aryl methyl sites for hydroxylation is 1. The highest BCUT2D eigenvalue weighted by Gasteiger charge is 2.15. The van der Waals surface area contributed by atoms with E-state index in [1.54, 1.807) is 30.9 Å². The van der Waals surface area contributed by atoms with Gasteiger partial charge in [-0.25, -0.2) is 0 Å². The molecular formula is C18H24N2O3. The van der Waals surface area contributed by atoms with Crippen molar-refractivity contribution in [3.05, 3.63) is 29.8 Å². The van der Waals surface area contributed by atoms with Crippen LogP contribution in [0.15, 0.2) is 24.3 Å². The number of ether oxygens (including phenoxy) is 1. The van der Waals surface area contributed by atoms with E-state index in [-0.39, 0.29) is 24.2 Å². The largest absolute Gasteiger partial charge is 0.484 e. The van der Waals surface area contributed by atoms with E-state index in [1.807, 2.05) is 19.1 Å². The lowest BCUT2D eigenvalue weighted by atomic mass is 10.1. The zero-order valence-electron chi connectivity index (χ0n) is 14.0. The van der Waals surface area contributed by atoms with Crippen LogP contribution in [-0.2, 0) is 16.0 Å². The third-order valence-electron chi connectivity index (χ3n) is 3.50. The van der Waals surface area contributed by atoms with Gasteiger partial charge in [-0.2, -0.15) is 5.26 Å². The van der Waals surface area contributed by atoms with E-state index in [4.69, 9.17) is 10.00 Å². The summed E-state index contributed by atoms with van der Waals surface area (Å²) in [5.41, 5.74) is 1.07. The predicted molar refractivity (Wildman–Crippen MR) is 88.0 cm³/mol. The van der Waals surface area contributed by atoms with Crippen LogP contribution in [0.5, 0.6) is 5.75 Å². The number of nitrogens with zero attached hydrogens (tertiary/aromatic N) is 2. The van der Waals surface area contributed by atoms with E-state index in [0.717, 1.165) is 5.56 Å². The summed E-state index contributed by atoms with van der Waals surface area (Å²) in [5, 5.41) is 8.83. The van der Waals surface area contributed by atoms with Crippen molar-refractivity contribution in [2.45, 2.75) is 33.6 Å². The predicted octanol–water partition coefficient (Wildman–Crippen LogP) is 2.60. The number of carbonyl (C=O) groups excluding carboxylic acids is 2. The lowest BCUT2D eigenvalue weighted by Gasteiger charge is -2.22. The molecule has 124 valence electrons. The third-order valence-corrected chi connectivity index (χ3v) is 3.50. The maximum Gasteiger partial charge on any atom is 0.260 e. The van der Waals surface area contributed by atoms with E-state index in [1.165, 1.54) is 0 Å². The Balaban J connectivity index is 2.48. The van der Waals surface area contributed by atoms with Crippen molar-refractivity contribution >= 4 is 11.7 Å². The normalized spacial score (nSPS) is 11.4. The standard InChI is InChI=1S/C18H24N2O3/c1-4-20(12-14(2)11-19)18(22)13-23-17-9-7-16(8-10-17)6-5-15(3)21/h7-10,14H,4-6,12-13H2,1-3H3/t14-/m0/s1. The molecule has 0 saturated carbocycles. The highest BCUT2D eigenvalue weighted by atomic mass is 16.5. The minimum absolute atomic E-state index is 0.0429. The van der Waals surface area contributed by atoms with Gasteiger partial charge < -0.3 is 14.4 Å². The number of rotatable bonds is 9. The van der Waals surface area contributed by atoms with Crippen LogP contribution < -0.4 is 4.74 Å². The van der Waals surface area contributed by atoms with Gasteiger partial charge in [-0.3, -0.25) is 4.79 Å². The Bertz CT molecular complexity index is 561. The third kappa shape index (κ3) is 6.96. The average molecular weight is 316 g/mol. The van der Waals surface area contributed by atoms with Crippen molar-refractivity contribution in [1.82, 2.24) is 4.90 Å². The molecule has 1 rings (SSSR count). The van der Waals surface area contributed by atoms with Crippen molar-refractivity contribution < 1.29 is 14.3 Å². The molecule has 5 nitrogen and oxygen atoms in total. The van der Waals surface area contributed by atoms with Gasteiger partial charge in [0.25, 0.3) is 5.91 Å². The number of Topliss-reactive ketones (excluding diaryl/α,β-unsaturated/α-hetero) is 1. The maximum absolute atomic E-state index is 12.1. The molecule has 0 aliphatic heterocycles. The van der Waals surface area contributed by atoms with Crippen molar-refractivity contribution in [1.29, 1.82) is 5.26 Å². The molecule has 5 heteroatoms. The summed E-state index contributed by atoms with van der Waals surface area (Å²) < 4.78 is 5.51. The average Bonchev–Trinajstić information content (AvgIpc) is 2.56. The number of hydrogen-bond acceptors (Lipinski definition) is 4. The van der Waals surface area contributed by atoms with Gasteiger partial charge in [-0.1, -0.05) is 12.1 Å². The van der Waals surface area contributed by atoms with Crippen LogP contribution in [0.1, 0.15) is 32.8 Å². The first-order valence-corrected chi connectivity index (χ1v) is 7.84. The zero-order valence-corrected chi connectivity index (χ0v) is 14.0. The molecule has 0 aliphatic rings. The number of likely N-dealkylation sites (N-methyl/N-ethyl adjacent to an activating group) is 1. The molecule has 0 bridgehead atoms. The van der Waals surface area contributed by atoms with E-state index < -0.39 is 0 Å². The summed E-state index contributed by atoms with van der Waals surface area (Å²) in [6.45, 7) is 6.17. The Labute approximate surface area is 137 Å². The molecule has 0 spiro atoms. The van der Waals surface area contributed by atoms with Crippen LogP contribution in [0.2, 0.25) is 0 Å². The van der Waals surface area contributed by atoms with Gasteiger partial charge in [0.2, 0.25) is 0 Å². The van der Waals surface area contributed by atoms with Gasteiger partial charge >= 0.3 is 0 Å². The molecule has 0 aliphatic carbocycles. The summed E-state index contributed by atoms with van der Waals surface area (Å²) in [5.74, 6) is 0.464. The SMILES string of the molecule is CCN(C[C@@H](C)C#N)C(=O)COc1ccc(CCC(C)=O)cc1. The molecular weight excluding hydrogens is 292 g/mol. The molecule has 1 aromatic rings. The van der Waals surface area contributed by atoms with Crippen molar-refractivity contribution in [2.75, 3.05) is 19.7 Å². The highest BCUT2D eigenvalue weighted by Crippen LogP contribution is 2.14. The first-order valence-electron chi connectivity index (χ1n) is 7.84. The second-order valence-electron chi connectivity index (χ2n) is 5.60. The number of carbonyl (C=O) groups is 2. The van der Waals surface area contributed by atoms with Gasteiger partial charge in [0.05, 0.1) is 12.0 Å². The summed E-state index contributed by atoms with van der Waals surface area (Å²) in [6.07, 6.45) is 1.24. The molecule has 1 aromatic carbocycles. The second kappa shape index (κ2) is 9.62. The number of amides is 1. The van der Waals surface area contributed by atoms with Crippen LogP contribution in [0.4, 0.5) is 0 Å². The monoisotopic (exact) mass is 316 g/mol. The fourth-order valence-corrected chi connectivity index (χ4v) is 2.09. The molecule has 0 heterocycles. The molecule has 0 saturated heterocycles. The maximum atomic E-state index is 12.1. The van der Waals surface area contributed by atoms with Crippen molar-refractivity contribution in [2.24, 2.45) is 5.92 Å². The fourth-order valence-electron chi connectivity index (χ4n) is 2.09. The molecule has 1 atom stereocenters. The molecule has 0 N–H and O–H groups in total. The summed E-state index contributed by atoms with van der Waals surface area (Å²) in [7, 11) is 0. The first-order chi connectivity index (χ1) is 11.0. The van der Waals surface area contributed by atoms with E-state index in [2.05, 4.69) is 6.07 Å². The van der Waals surface area contributed by atoms with Crippen LogP contribution in [0.3, 0.4) is 0 Å². The minimum atomic E-state index is -0.195. The van der Waals surface area contributed by atoms with Gasteiger partial charge in [-0.15, -0.1) is 0 Å². The zero-order chi connectivity index (χ0) is 17.2. The Hall–Kier alpha value is -2.35. The van der Waals surface area contributed by atoms with Gasteiger partial charge in [0.15, 0.2) is 6.61 Å². The van der Waals surface area contributed by atoms with E-state index >= 15 is 0 Å². The Morgan fingerprint density at radius 2 is 1.96 bits per heavy atom. The van der Waals surface area contributed by atoms with Crippen LogP contribution in [0.25, 0.3) is 0 Å². The Morgan fingerprint density at radius 3 is 2.48 bits per heavy atom. The van der Waals surface area contributed by atoms with Crippen molar-refractivity contribution in [3.63, 3.8) is 0 Å². The van der Waals surface area contributed by atoms with Crippen LogP contribution in [-0.4, -0.2) is 36.3 Å². The van der Waals surface area contributed by atoms with Gasteiger partial charge in [-0.05, 0) is 44.9 Å². The lowest BCUT2D eigenvalue weighted by molar-refractivity contribution is -0.133. The number of hydrogen-bond donors (Lipinski definition) is 0. The highest BCUT2D eigenvalue weighted by molar-refractivity contribution is 5.77. The number of nitriles is 1. The summed E-state index contributed by atoms with van der Waals surface area (Å²) in [6, 6.07) is 9.53. The summed E-state index contributed by atoms with van der Waals surface area (Å²) in [4.78, 5) is 24.7.